The van der Waals surface area contributed by atoms with E-state index in [9.17, 15) is 22.7 Å². The van der Waals surface area contributed by atoms with Gasteiger partial charge in [0.15, 0.2) is 0 Å². The monoisotopic (exact) mass is 257 g/mol. The predicted octanol–water partition coefficient (Wildman–Crippen LogP) is 3.61. The maximum Gasteiger partial charge on any atom is 0.417 e. The standard InChI is InChI=1S/C12H7F4NO/c13-8-3-7(4-9(18)5-8)10-6-17-2-1-11(10)12(14,15)16/h1-6,18H. The second kappa shape index (κ2) is 4.29. The molecule has 2 aromatic rings. The minimum absolute atomic E-state index is 0.0760. The molecule has 0 radical (unpaired) electrons. The molecule has 1 aromatic carbocycles. The molecule has 6 heteroatoms. The Morgan fingerprint density at radius 2 is 1.83 bits per heavy atom. The summed E-state index contributed by atoms with van der Waals surface area (Å²) in [7, 11) is 0. The van der Waals surface area contributed by atoms with Gasteiger partial charge in [-0.05, 0) is 23.8 Å². The smallest absolute Gasteiger partial charge is 0.417 e. The fourth-order valence-corrected chi connectivity index (χ4v) is 1.60. The van der Waals surface area contributed by atoms with E-state index < -0.39 is 23.3 Å². The molecule has 0 spiro atoms. The number of aromatic nitrogens is 1. The van der Waals surface area contributed by atoms with Gasteiger partial charge >= 0.3 is 6.18 Å². The Hall–Kier alpha value is -2.11. The van der Waals surface area contributed by atoms with Gasteiger partial charge in [0.05, 0.1) is 5.56 Å². The van der Waals surface area contributed by atoms with E-state index in [4.69, 9.17) is 0 Å². The summed E-state index contributed by atoms with van der Waals surface area (Å²) >= 11 is 0. The van der Waals surface area contributed by atoms with Crippen molar-refractivity contribution in [3.05, 3.63) is 48.0 Å². The molecule has 0 fully saturated rings. The molecule has 2 rings (SSSR count). The fraction of sp³-hybridized carbons (Fsp3) is 0.0833. The summed E-state index contributed by atoms with van der Waals surface area (Å²) in [5, 5.41) is 9.21. The zero-order valence-electron chi connectivity index (χ0n) is 8.87. The highest BCUT2D eigenvalue weighted by molar-refractivity contribution is 5.68. The third kappa shape index (κ3) is 2.42. The number of halogens is 4. The zero-order valence-corrected chi connectivity index (χ0v) is 8.87. The molecule has 0 amide bonds. The van der Waals surface area contributed by atoms with Crippen LogP contribution in [0.3, 0.4) is 0 Å². The average Bonchev–Trinajstić information content (AvgIpc) is 2.26. The van der Waals surface area contributed by atoms with Crippen molar-refractivity contribution in [2.24, 2.45) is 0 Å². The van der Waals surface area contributed by atoms with Crippen molar-refractivity contribution >= 4 is 0 Å². The molecule has 0 aliphatic carbocycles. The largest absolute Gasteiger partial charge is 0.508 e. The van der Waals surface area contributed by atoms with Crippen LogP contribution in [0.25, 0.3) is 11.1 Å². The van der Waals surface area contributed by atoms with E-state index >= 15 is 0 Å². The topological polar surface area (TPSA) is 33.1 Å². The van der Waals surface area contributed by atoms with Gasteiger partial charge in [-0.2, -0.15) is 13.2 Å². The van der Waals surface area contributed by atoms with Gasteiger partial charge in [0, 0.05) is 24.0 Å². The van der Waals surface area contributed by atoms with Crippen molar-refractivity contribution in [2.45, 2.75) is 6.18 Å². The predicted molar refractivity (Wildman–Crippen MR) is 56.3 cm³/mol. The highest BCUT2D eigenvalue weighted by Crippen LogP contribution is 2.37. The molecule has 0 bridgehead atoms. The molecule has 0 saturated heterocycles. The van der Waals surface area contributed by atoms with Crippen LogP contribution in [0.15, 0.2) is 36.7 Å². The molecule has 0 saturated carbocycles. The molecule has 1 N–H and O–H groups in total. The molecule has 0 atom stereocenters. The van der Waals surface area contributed by atoms with Crippen molar-refractivity contribution in [3.63, 3.8) is 0 Å². The summed E-state index contributed by atoms with van der Waals surface area (Å²) in [4.78, 5) is 3.59. The SMILES string of the molecule is Oc1cc(F)cc(-c2cnccc2C(F)(F)F)c1. The van der Waals surface area contributed by atoms with Gasteiger partial charge in [-0.3, -0.25) is 4.98 Å². The molecule has 0 aliphatic rings. The molecule has 94 valence electrons. The van der Waals surface area contributed by atoms with E-state index in [0.717, 1.165) is 36.7 Å². The van der Waals surface area contributed by atoms with Crippen LogP contribution in [0.2, 0.25) is 0 Å². The van der Waals surface area contributed by atoms with E-state index in [2.05, 4.69) is 4.98 Å². The van der Waals surface area contributed by atoms with Gasteiger partial charge in [-0.15, -0.1) is 0 Å². The number of nitrogens with zero attached hydrogens (tertiary/aromatic N) is 1. The second-order valence-electron chi connectivity index (χ2n) is 3.62. The van der Waals surface area contributed by atoms with Gasteiger partial charge in [0.2, 0.25) is 0 Å². The summed E-state index contributed by atoms with van der Waals surface area (Å²) in [6.45, 7) is 0. The highest BCUT2D eigenvalue weighted by Gasteiger charge is 2.33. The van der Waals surface area contributed by atoms with E-state index in [1.807, 2.05) is 0 Å². The first-order valence-electron chi connectivity index (χ1n) is 4.89. The normalized spacial score (nSPS) is 11.6. The molecule has 0 unspecified atom stereocenters. The fourth-order valence-electron chi connectivity index (χ4n) is 1.60. The summed E-state index contributed by atoms with van der Waals surface area (Å²) in [5.41, 5.74) is -1.28. The Bertz CT molecular complexity index is 560. The van der Waals surface area contributed by atoms with Crippen LogP contribution in [0.1, 0.15) is 5.56 Å². The lowest BCUT2D eigenvalue weighted by Gasteiger charge is -2.12. The number of aromatic hydroxyl groups is 1. The first-order chi connectivity index (χ1) is 8.38. The van der Waals surface area contributed by atoms with E-state index in [1.54, 1.807) is 0 Å². The first kappa shape index (κ1) is 12.3. The van der Waals surface area contributed by atoms with Crippen molar-refractivity contribution in [1.82, 2.24) is 4.98 Å². The maximum absolute atomic E-state index is 13.1. The average molecular weight is 257 g/mol. The molecule has 0 aliphatic heterocycles. The van der Waals surface area contributed by atoms with Gasteiger partial charge < -0.3 is 5.11 Å². The van der Waals surface area contributed by atoms with Crippen molar-refractivity contribution < 1.29 is 22.7 Å². The number of hydrogen-bond acceptors (Lipinski definition) is 2. The highest BCUT2D eigenvalue weighted by atomic mass is 19.4. The van der Waals surface area contributed by atoms with Crippen LogP contribution < -0.4 is 0 Å². The molecule has 18 heavy (non-hydrogen) atoms. The third-order valence-corrected chi connectivity index (χ3v) is 2.32. The van der Waals surface area contributed by atoms with Crippen LogP contribution in [-0.4, -0.2) is 10.1 Å². The number of phenols is 1. The van der Waals surface area contributed by atoms with Crippen molar-refractivity contribution in [2.75, 3.05) is 0 Å². The summed E-state index contributed by atoms with van der Waals surface area (Å²) in [5.74, 6) is -1.26. The summed E-state index contributed by atoms with van der Waals surface area (Å²) in [6.07, 6.45) is -2.58. The Balaban J connectivity index is 2.64. The summed E-state index contributed by atoms with van der Waals surface area (Å²) < 4.78 is 51.3. The quantitative estimate of drug-likeness (QED) is 0.791. The number of benzene rings is 1. The first-order valence-corrected chi connectivity index (χ1v) is 4.89. The van der Waals surface area contributed by atoms with Crippen LogP contribution in [0.5, 0.6) is 5.75 Å². The minimum Gasteiger partial charge on any atom is -0.508 e. The Kier molecular flexibility index (Phi) is 2.94. The third-order valence-electron chi connectivity index (χ3n) is 2.32. The number of pyridine rings is 1. The van der Waals surface area contributed by atoms with Crippen LogP contribution in [0.4, 0.5) is 17.6 Å². The number of hydrogen-bond donors (Lipinski definition) is 1. The zero-order chi connectivity index (χ0) is 13.3. The second-order valence-corrected chi connectivity index (χ2v) is 3.62. The lowest BCUT2D eigenvalue weighted by atomic mass is 10.0. The number of alkyl halides is 3. The van der Waals surface area contributed by atoms with Crippen LogP contribution in [0, 0.1) is 5.82 Å². The van der Waals surface area contributed by atoms with Gasteiger partial charge in [-0.25, -0.2) is 4.39 Å². The van der Waals surface area contributed by atoms with Gasteiger partial charge in [-0.1, -0.05) is 0 Å². The molecular formula is C12H7F4NO. The molecule has 1 heterocycles. The van der Waals surface area contributed by atoms with Crippen molar-refractivity contribution in [1.29, 1.82) is 0 Å². The molecule has 2 nitrogen and oxygen atoms in total. The lowest BCUT2D eigenvalue weighted by molar-refractivity contribution is -0.137. The Morgan fingerprint density at radius 1 is 1.11 bits per heavy atom. The maximum atomic E-state index is 13.1. The Labute approximate surface area is 99.5 Å². The summed E-state index contributed by atoms with van der Waals surface area (Å²) in [6, 6.07) is 3.58. The van der Waals surface area contributed by atoms with E-state index in [1.165, 1.54) is 0 Å². The number of phenolic OH excluding ortho intramolecular Hbond substituents is 1. The van der Waals surface area contributed by atoms with E-state index in [-0.39, 0.29) is 11.1 Å². The Morgan fingerprint density at radius 3 is 2.44 bits per heavy atom. The molecule has 1 aromatic heterocycles. The minimum atomic E-state index is -4.57. The van der Waals surface area contributed by atoms with Gasteiger partial charge in [0.1, 0.15) is 11.6 Å². The molecular weight excluding hydrogens is 250 g/mol. The lowest BCUT2D eigenvalue weighted by Crippen LogP contribution is -2.07. The van der Waals surface area contributed by atoms with E-state index in [0.29, 0.717) is 0 Å². The van der Waals surface area contributed by atoms with Gasteiger partial charge in [0.25, 0.3) is 0 Å². The van der Waals surface area contributed by atoms with Crippen LogP contribution in [-0.2, 0) is 6.18 Å². The van der Waals surface area contributed by atoms with Crippen molar-refractivity contribution in [3.8, 4) is 16.9 Å². The number of rotatable bonds is 1. The van der Waals surface area contributed by atoms with Crippen LogP contribution >= 0.6 is 0 Å².